The maximum atomic E-state index is 9.02. The second-order valence-corrected chi connectivity index (χ2v) is 25.1. The van der Waals surface area contributed by atoms with E-state index in [1.807, 2.05) is 91.1 Å². The fourth-order valence-corrected chi connectivity index (χ4v) is 9.45. The van der Waals surface area contributed by atoms with Crippen molar-refractivity contribution in [2.75, 3.05) is 0 Å². The van der Waals surface area contributed by atoms with Crippen molar-refractivity contribution in [1.29, 1.82) is 0 Å². The van der Waals surface area contributed by atoms with Crippen LogP contribution in [0.3, 0.4) is 0 Å². The summed E-state index contributed by atoms with van der Waals surface area (Å²) in [4.78, 5) is 17.4. The molecule has 0 N–H and O–H groups in total. The molecule has 289 valence electrons. The molecule has 9 aromatic rings. The number of aryl methyl sites for hydroxylation is 3. The fraction of sp³-hybridized carbons (Fsp3) is 0.137. The van der Waals surface area contributed by atoms with E-state index in [1.54, 1.807) is 18.2 Å². The van der Waals surface area contributed by atoms with E-state index < -0.39 is 51.6 Å². The Kier molecular flexibility index (Phi) is 8.71. The van der Waals surface area contributed by atoms with Crippen LogP contribution in [0.1, 0.15) is 43.2 Å². The van der Waals surface area contributed by atoms with Gasteiger partial charge in [0.2, 0.25) is 5.71 Å². The quantitative estimate of drug-likeness (QED) is 0.118. The third kappa shape index (κ3) is 8.95. The second kappa shape index (κ2) is 17.5. The zero-order chi connectivity index (χ0) is 48.8. The molecule has 0 fully saturated rings. The maximum Gasteiger partial charge on any atom is 0 e. The van der Waals surface area contributed by atoms with Crippen LogP contribution in [-0.4, -0.2) is 33.2 Å². The molecule has 0 saturated heterocycles. The molecule has 9 rings (SSSR count). The summed E-state index contributed by atoms with van der Waals surface area (Å²) in [6.07, 6.45) is 1.81. The molecule has 4 heterocycles. The molecule has 58 heavy (non-hydrogen) atoms. The summed E-state index contributed by atoms with van der Waals surface area (Å²) in [5, 5.41) is 0.364. The van der Waals surface area contributed by atoms with Crippen molar-refractivity contribution in [2.24, 2.45) is 0 Å². The Bertz CT molecular complexity index is 3270. The molecule has 0 bridgehead atoms. The smallest absolute Gasteiger partial charge is 0 e. The predicted molar refractivity (Wildman–Crippen MR) is 237 cm³/mol. The number of rotatable bonds is 7. The predicted octanol–water partition coefficient (Wildman–Crippen LogP) is 12.2. The monoisotopic (exact) mass is 1010 g/mol. The Morgan fingerprint density at radius 2 is 1.33 bits per heavy atom. The van der Waals surface area contributed by atoms with Gasteiger partial charge in [-0.25, -0.2) is 9.97 Å². The van der Waals surface area contributed by atoms with Crippen molar-refractivity contribution in [1.82, 2.24) is 19.9 Å². The number of furan rings is 1. The van der Waals surface area contributed by atoms with E-state index in [2.05, 4.69) is 62.6 Å². The standard InChI is InChI=1S/C27H26GeN.C24H18N3O.Ir/c1-28(2,3)26-20-29-27(19-25(26)17-21-11-6-4-7-12-21)24-16-10-15-23(18-24)22-13-8-5-9-14-22;1-14-11-21(25-13-20(14)17-7-5-4-6-8-17)18-9-10-22-19(12-18)23-24(28-22)27-16(3)15(2)26-23;/h4-15,18-20H,17H2,1-3H3;4-8,10-13H,1-3H3;/q2*-1;/i17D2;1D3,2D3,3D3;. The van der Waals surface area contributed by atoms with Gasteiger partial charge in [-0.15, -0.1) is 23.8 Å². The van der Waals surface area contributed by atoms with Crippen molar-refractivity contribution in [2.45, 2.75) is 44.2 Å². The molecule has 4 aromatic heterocycles. The van der Waals surface area contributed by atoms with Gasteiger partial charge in [0.25, 0.3) is 0 Å². The molecule has 5 nitrogen and oxygen atoms in total. The molecule has 0 spiro atoms. The van der Waals surface area contributed by atoms with Crippen LogP contribution in [0.2, 0.25) is 17.3 Å². The third-order valence-electron chi connectivity index (χ3n) is 9.45. The topological polar surface area (TPSA) is 64.7 Å². The molecule has 0 unspecified atom stereocenters. The molecule has 0 saturated carbocycles. The number of hydrogen-bond donors (Lipinski definition) is 0. The van der Waals surface area contributed by atoms with E-state index in [0.717, 1.165) is 32.3 Å². The van der Waals surface area contributed by atoms with Crippen LogP contribution >= 0.6 is 0 Å². The Labute approximate surface area is 372 Å². The van der Waals surface area contributed by atoms with Crippen LogP contribution in [0.25, 0.3) is 67.0 Å². The van der Waals surface area contributed by atoms with E-state index in [4.69, 9.17) is 24.5 Å². The minimum Gasteiger partial charge on any atom is 0 e. The molecule has 7 heteroatoms. The Balaban J connectivity index is 0.000000204. The SMILES string of the molecule is [2H]C([2H])([2H])c1cc(-c2[c-]cc3oc4nc(C([2H])([2H])[2H])c(C([2H])([2H])[2H])nc4c3c2)ncc1-c1ccccc1.[2H]C([2H])(c1ccccc1)c1cc(-c2[c-]ccc(-c3ccccc3)c2)nc[c]1[Ge]([CH3])([CH3])[CH3].[Ir]. The average molecular weight is 1000 g/mol. The average Bonchev–Trinajstić information content (AvgIpc) is 3.68. The Morgan fingerprint density at radius 1 is 0.672 bits per heavy atom. The summed E-state index contributed by atoms with van der Waals surface area (Å²) in [7, 11) is 0. The van der Waals surface area contributed by atoms with Crippen molar-refractivity contribution in [3.05, 3.63) is 186 Å². The summed E-state index contributed by atoms with van der Waals surface area (Å²) in [6.45, 7) is -8.04. The van der Waals surface area contributed by atoms with E-state index >= 15 is 0 Å². The summed E-state index contributed by atoms with van der Waals surface area (Å²) < 4.78 is 95.3. The molecule has 5 aromatic carbocycles. The number of benzene rings is 5. The Hall–Kier alpha value is -5.53. The molecule has 0 amide bonds. The second-order valence-electron chi connectivity index (χ2n) is 14.5. The molecule has 0 atom stereocenters. The zero-order valence-corrected chi connectivity index (χ0v) is 36.4. The fourth-order valence-electron chi connectivity index (χ4n) is 6.52. The van der Waals surface area contributed by atoms with Gasteiger partial charge < -0.3 is 9.40 Å². The van der Waals surface area contributed by atoms with Crippen LogP contribution in [0, 0.1) is 32.7 Å². The number of hydrogen-bond acceptors (Lipinski definition) is 5. The van der Waals surface area contributed by atoms with Gasteiger partial charge in [0.15, 0.2) is 0 Å². The van der Waals surface area contributed by atoms with E-state index in [9.17, 15) is 0 Å². The summed E-state index contributed by atoms with van der Waals surface area (Å²) in [6, 6.07) is 47.5. The van der Waals surface area contributed by atoms with Crippen LogP contribution in [0.4, 0.5) is 0 Å². The number of pyridine rings is 2. The van der Waals surface area contributed by atoms with Crippen LogP contribution < -0.4 is 4.40 Å². The first-order valence-electron chi connectivity index (χ1n) is 23.9. The van der Waals surface area contributed by atoms with Gasteiger partial charge in [-0.2, -0.15) is 0 Å². The van der Waals surface area contributed by atoms with Gasteiger partial charge in [-0.1, -0.05) is 36.4 Å². The zero-order valence-electron chi connectivity index (χ0n) is 42.9. The minimum absolute atomic E-state index is 0. The van der Waals surface area contributed by atoms with Crippen molar-refractivity contribution in [3.8, 4) is 44.8 Å². The summed E-state index contributed by atoms with van der Waals surface area (Å²) in [5.74, 6) is 6.84. The first-order valence-corrected chi connectivity index (χ1v) is 25.7. The molecule has 1 radical (unpaired) electrons. The normalized spacial score (nSPS) is 14.9. The largest absolute Gasteiger partial charge is 0 e. The molecule has 0 aliphatic carbocycles. The van der Waals surface area contributed by atoms with Crippen molar-refractivity contribution in [3.63, 3.8) is 0 Å². The van der Waals surface area contributed by atoms with Gasteiger partial charge >= 0.3 is 180 Å². The number of aromatic nitrogens is 4. The van der Waals surface area contributed by atoms with Gasteiger partial charge in [0.1, 0.15) is 5.52 Å². The van der Waals surface area contributed by atoms with Gasteiger partial charge in [0.05, 0.1) is 17.0 Å². The summed E-state index contributed by atoms with van der Waals surface area (Å²) >= 11 is -2.37. The molecular formula is C51H44GeIrN4O-2. The van der Waals surface area contributed by atoms with E-state index in [-0.39, 0.29) is 42.5 Å². The van der Waals surface area contributed by atoms with E-state index in [0.29, 0.717) is 33.3 Å². The number of nitrogens with zero attached hydrogens (tertiary/aromatic N) is 4. The Morgan fingerprint density at radius 3 is 2.03 bits per heavy atom. The van der Waals surface area contributed by atoms with Gasteiger partial charge in [-0.05, 0) is 42.8 Å². The molecule has 0 aliphatic rings. The van der Waals surface area contributed by atoms with Gasteiger partial charge in [0, 0.05) is 44.2 Å². The molecular weight excluding hydrogens is 949 g/mol. The van der Waals surface area contributed by atoms with Crippen LogP contribution in [0.5, 0.6) is 0 Å². The van der Waals surface area contributed by atoms with Crippen molar-refractivity contribution < 1.29 is 39.6 Å². The van der Waals surface area contributed by atoms with Crippen LogP contribution in [-0.2, 0) is 26.5 Å². The summed E-state index contributed by atoms with van der Waals surface area (Å²) in [5.41, 5.74) is 6.22. The molecule has 0 aliphatic heterocycles. The van der Waals surface area contributed by atoms with Gasteiger partial charge in [-0.3, -0.25) is 0 Å². The first-order chi connectivity index (χ1) is 32.0. The number of fused-ring (bicyclic) bond motifs is 3. The maximum absolute atomic E-state index is 9.02. The van der Waals surface area contributed by atoms with Crippen molar-refractivity contribution >= 4 is 39.9 Å². The first kappa shape index (κ1) is 28.8. The third-order valence-corrected chi connectivity index (χ3v) is 13.7. The van der Waals surface area contributed by atoms with E-state index in [1.165, 1.54) is 18.3 Å². The minimum atomic E-state index is -2.82. The van der Waals surface area contributed by atoms with Crippen LogP contribution in [0.15, 0.2) is 150 Å².